The third-order valence-electron chi connectivity index (χ3n) is 4.91. The highest BCUT2D eigenvalue weighted by molar-refractivity contribution is 5.48. The molecule has 5 nitrogen and oxygen atoms in total. The Labute approximate surface area is 126 Å². The van der Waals surface area contributed by atoms with Crippen molar-refractivity contribution in [1.82, 2.24) is 19.6 Å². The van der Waals surface area contributed by atoms with Gasteiger partial charge in [0.15, 0.2) is 0 Å². The highest BCUT2D eigenvalue weighted by Crippen LogP contribution is 2.31. The van der Waals surface area contributed by atoms with E-state index >= 15 is 0 Å². The summed E-state index contributed by atoms with van der Waals surface area (Å²) in [6.07, 6.45) is 6.38. The summed E-state index contributed by atoms with van der Waals surface area (Å²) in [6, 6.07) is 2.18. The molecule has 3 heterocycles. The summed E-state index contributed by atoms with van der Waals surface area (Å²) in [6.45, 7) is 9.01. The van der Waals surface area contributed by atoms with Crippen LogP contribution in [0.15, 0.2) is 12.4 Å². The van der Waals surface area contributed by atoms with Gasteiger partial charge in [-0.3, -0.25) is 0 Å². The molecular formula is C16H25N5. The minimum atomic E-state index is 0.718. The Kier molecular flexibility index (Phi) is 4.08. The maximum absolute atomic E-state index is 4.53. The zero-order valence-corrected chi connectivity index (χ0v) is 13.3. The number of rotatable bonds is 5. The Morgan fingerprint density at radius 3 is 2.81 bits per heavy atom. The zero-order chi connectivity index (χ0) is 14.8. The molecule has 0 amide bonds. The molecule has 1 atom stereocenters. The van der Waals surface area contributed by atoms with Gasteiger partial charge in [0.1, 0.15) is 12.1 Å². The largest absolute Gasteiger partial charge is 0.356 e. The van der Waals surface area contributed by atoms with Crippen molar-refractivity contribution in [3.8, 4) is 0 Å². The Hall–Kier alpha value is -1.65. The van der Waals surface area contributed by atoms with Crippen LogP contribution in [0.5, 0.6) is 0 Å². The van der Waals surface area contributed by atoms with Crippen molar-refractivity contribution in [2.75, 3.05) is 18.0 Å². The topological polar surface area (TPSA) is 46.3 Å². The summed E-state index contributed by atoms with van der Waals surface area (Å²) in [5, 5.41) is 4.35. The van der Waals surface area contributed by atoms with Gasteiger partial charge in [-0.2, -0.15) is 14.6 Å². The third-order valence-corrected chi connectivity index (χ3v) is 4.91. The van der Waals surface area contributed by atoms with Crippen LogP contribution in [0.1, 0.15) is 45.7 Å². The quantitative estimate of drug-likeness (QED) is 0.848. The van der Waals surface area contributed by atoms with Crippen LogP contribution in [-0.2, 0) is 6.42 Å². The first-order chi connectivity index (χ1) is 10.3. The number of hydrogen-bond donors (Lipinski definition) is 0. The molecule has 0 aromatic carbocycles. The van der Waals surface area contributed by atoms with Gasteiger partial charge in [0.2, 0.25) is 0 Å². The second kappa shape index (κ2) is 6.00. The predicted octanol–water partition coefficient (Wildman–Crippen LogP) is 2.95. The first kappa shape index (κ1) is 14.3. The molecule has 1 fully saturated rings. The lowest BCUT2D eigenvalue weighted by atomic mass is 9.87. The molecule has 1 saturated heterocycles. The minimum absolute atomic E-state index is 0.718. The Morgan fingerprint density at radius 1 is 1.29 bits per heavy atom. The van der Waals surface area contributed by atoms with Crippen LogP contribution in [0.2, 0.25) is 0 Å². The lowest BCUT2D eigenvalue weighted by Gasteiger charge is -2.23. The normalized spacial score (nSPS) is 19.0. The molecule has 1 aliphatic rings. The summed E-state index contributed by atoms with van der Waals surface area (Å²) < 4.78 is 1.88. The first-order valence-corrected chi connectivity index (χ1v) is 8.21. The second-order valence-electron chi connectivity index (χ2n) is 6.00. The van der Waals surface area contributed by atoms with Gasteiger partial charge in [-0.1, -0.05) is 33.6 Å². The summed E-state index contributed by atoms with van der Waals surface area (Å²) in [5.74, 6) is 3.52. The highest BCUT2D eigenvalue weighted by atomic mass is 15.4. The van der Waals surface area contributed by atoms with E-state index in [4.69, 9.17) is 0 Å². The Balaban J connectivity index is 1.89. The smallest absolute Gasteiger partial charge is 0.254 e. The van der Waals surface area contributed by atoms with Crippen LogP contribution < -0.4 is 4.90 Å². The Bertz CT molecular complexity index is 602. The monoisotopic (exact) mass is 287 g/mol. The highest BCUT2D eigenvalue weighted by Gasteiger charge is 2.29. The van der Waals surface area contributed by atoms with Crippen LogP contribution >= 0.6 is 0 Å². The zero-order valence-electron chi connectivity index (χ0n) is 13.3. The first-order valence-electron chi connectivity index (χ1n) is 8.21. The van der Waals surface area contributed by atoms with Crippen LogP contribution in [0.3, 0.4) is 0 Å². The van der Waals surface area contributed by atoms with Crippen molar-refractivity contribution in [2.45, 2.75) is 46.5 Å². The van der Waals surface area contributed by atoms with Gasteiger partial charge >= 0.3 is 0 Å². The van der Waals surface area contributed by atoms with Crippen molar-refractivity contribution in [1.29, 1.82) is 0 Å². The third kappa shape index (κ3) is 2.61. The van der Waals surface area contributed by atoms with E-state index in [9.17, 15) is 0 Å². The van der Waals surface area contributed by atoms with Crippen molar-refractivity contribution in [3.05, 3.63) is 18.1 Å². The van der Waals surface area contributed by atoms with E-state index in [0.29, 0.717) is 0 Å². The van der Waals surface area contributed by atoms with Gasteiger partial charge in [-0.15, -0.1) is 0 Å². The Morgan fingerprint density at radius 2 is 2.10 bits per heavy atom. The number of hydrogen-bond acceptors (Lipinski definition) is 4. The number of nitrogens with zero attached hydrogens (tertiary/aromatic N) is 5. The molecular weight excluding hydrogens is 262 g/mol. The summed E-state index contributed by atoms with van der Waals surface area (Å²) in [5.41, 5.74) is 1.09. The van der Waals surface area contributed by atoms with Crippen molar-refractivity contribution < 1.29 is 0 Å². The van der Waals surface area contributed by atoms with Gasteiger partial charge in [0.05, 0.1) is 0 Å². The molecule has 5 heteroatoms. The molecule has 2 aromatic heterocycles. The lowest BCUT2D eigenvalue weighted by molar-refractivity contribution is 0.339. The number of anilines is 1. The van der Waals surface area contributed by atoms with Gasteiger partial charge < -0.3 is 4.90 Å². The molecule has 0 radical (unpaired) electrons. The molecule has 114 valence electrons. The van der Waals surface area contributed by atoms with Crippen molar-refractivity contribution >= 4 is 11.6 Å². The maximum atomic E-state index is 4.53. The molecule has 21 heavy (non-hydrogen) atoms. The van der Waals surface area contributed by atoms with Crippen LogP contribution in [0, 0.1) is 11.8 Å². The van der Waals surface area contributed by atoms with E-state index in [2.05, 4.69) is 46.8 Å². The number of fused-ring (bicyclic) bond motifs is 1. The molecule has 0 bridgehead atoms. The number of aromatic nitrogens is 4. The van der Waals surface area contributed by atoms with E-state index in [1.165, 1.54) is 19.3 Å². The van der Waals surface area contributed by atoms with Crippen molar-refractivity contribution in [2.24, 2.45) is 11.8 Å². The minimum Gasteiger partial charge on any atom is -0.356 e. The van der Waals surface area contributed by atoms with Gasteiger partial charge in [-0.05, 0) is 24.7 Å². The molecule has 2 aromatic rings. The van der Waals surface area contributed by atoms with E-state index in [1.54, 1.807) is 6.33 Å². The lowest BCUT2D eigenvalue weighted by Crippen LogP contribution is -2.25. The predicted molar refractivity (Wildman–Crippen MR) is 84.6 cm³/mol. The fourth-order valence-corrected chi connectivity index (χ4v) is 3.59. The van der Waals surface area contributed by atoms with Crippen molar-refractivity contribution in [3.63, 3.8) is 0 Å². The molecule has 0 N–H and O–H groups in total. The van der Waals surface area contributed by atoms with E-state index in [1.807, 2.05) is 4.52 Å². The summed E-state index contributed by atoms with van der Waals surface area (Å²) in [4.78, 5) is 11.3. The van der Waals surface area contributed by atoms with Gasteiger partial charge in [0.25, 0.3) is 5.78 Å². The van der Waals surface area contributed by atoms with Gasteiger partial charge in [0, 0.05) is 24.8 Å². The van der Waals surface area contributed by atoms with Crippen LogP contribution in [0.25, 0.3) is 5.78 Å². The van der Waals surface area contributed by atoms with E-state index in [0.717, 1.165) is 48.6 Å². The van der Waals surface area contributed by atoms with E-state index < -0.39 is 0 Å². The summed E-state index contributed by atoms with van der Waals surface area (Å²) >= 11 is 0. The maximum Gasteiger partial charge on any atom is 0.254 e. The molecule has 1 unspecified atom stereocenters. The van der Waals surface area contributed by atoms with Gasteiger partial charge in [-0.25, -0.2) is 4.98 Å². The summed E-state index contributed by atoms with van der Waals surface area (Å²) in [7, 11) is 0. The fourth-order valence-electron chi connectivity index (χ4n) is 3.59. The second-order valence-corrected chi connectivity index (χ2v) is 6.00. The molecule has 3 rings (SSSR count). The van der Waals surface area contributed by atoms with Crippen LogP contribution in [-0.4, -0.2) is 32.7 Å². The average molecular weight is 287 g/mol. The standard InChI is InChI=1S/C16H25N5/c1-4-12(5-2)13-7-8-20(10-13)15-9-14(6-3)19-16-17-11-18-21(15)16/h9,11-13H,4-8,10H2,1-3H3. The number of aryl methyl sites for hydroxylation is 1. The molecule has 0 aliphatic carbocycles. The average Bonchev–Trinajstić information content (AvgIpc) is 3.16. The van der Waals surface area contributed by atoms with E-state index in [-0.39, 0.29) is 0 Å². The molecule has 1 aliphatic heterocycles. The molecule has 0 spiro atoms. The fraction of sp³-hybridized carbons (Fsp3) is 0.688. The van der Waals surface area contributed by atoms with Crippen LogP contribution in [0.4, 0.5) is 5.82 Å². The SMILES string of the molecule is CCc1cc(N2CCC(C(CC)CC)C2)n2ncnc2n1. The molecule has 0 saturated carbocycles.